The lowest BCUT2D eigenvalue weighted by molar-refractivity contribution is 0.611. The number of nitrogens with zero attached hydrogens (tertiary/aromatic N) is 6. The highest BCUT2D eigenvalue weighted by Gasteiger charge is 2.18. The lowest BCUT2D eigenvalue weighted by Crippen LogP contribution is -2.06. The summed E-state index contributed by atoms with van der Waals surface area (Å²) in [6, 6.07) is 2.08. The molecule has 0 radical (unpaired) electrons. The molecule has 2 heterocycles. The maximum Gasteiger partial charge on any atom is 0.234 e. The molecular formula is C12H16N6S. The second kappa shape index (κ2) is 5.45. The van der Waals surface area contributed by atoms with Gasteiger partial charge in [-0.3, -0.25) is 0 Å². The van der Waals surface area contributed by atoms with Crippen LogP contribution in [0.1, 0.15) is 50.0 Å². The van der Waals surface area contributed by atoms with Crippen LogP contribution in [0, 0.1) is 17.2 Å². The van der Waals surface area contributed by atoms with Crippen molar-refractivity contribution < 1.29 is 0 Å². The first kappa shape index (κ1) is 13.6. The van der Waals surface area contributed by atoms with Crippen LogP contribution < -0.4 is 0 Å². The van der Waals surface area contributed by atoms with Crippen LogP contribution in [0.15, 0.2) is 0 Å². The zero-order valence-corrected chi connectivity index (χ0v) is 12.3. The SMILES string of the molecule is CC(C)Cc1c(C#N)nnn1-c1nnc(C(C)C)s1. The van der Waals surface area contributed by atoms with E-state index in [1.807, 2.05) is 0 Å². The van der Waals surface area contributed by atoms with Gasteiger partial charge in [-0.2, -0.15) is 9.94 Å². The van der Waals surface area contributed by atoms with Gasteiger partial charge in [0, 0.05) is 5.92 Å². The minimum Gasteiger partial charge on any atom is -0.191 e. The summed E-state index contributed by atoms with van der Waals surface area (Å²) in [5.74, 6) is 0.751. The number of aromatic nitrogens is 5. The van der Waals surface area contributed by atoms with Gasteiger partial charge in [-0.15, -0.1) is 15.3 Å². The quantitative estimate of drug-likeness (QED) is 0.856. The zero-order valence-electron chi connectivity index (χ0n) is 11.5. The van der Waals surface area contributed by atoms with Crippen molar-refractivity contribution >= 4 is 11.3 Å². The summed E-state index contributed by atoms with van der Waals surface area (Å²) in [4.78, 5) is 0. The lowest BCUT2D eigenvalue weighted by atomic mass is 10.1. The molecular weight excluding hydrogens is 260 g/mol. The Hall–Kier alpha value is -1.81. The Kier molecular flexibility index (Phi) is 3.90. The standard InChI is InChI=1S/C12H16N6S/c1-7(2)5-10-9(6-13)14-17-18(10)12-16-15-11(19-12)8(3)4/h7-8H,5H2,1-4H3. The number of hydrogen-bond acceptors (Lipinski definition) is 6. The molecule has 0 unspecified atom stereocenters. The van der Waals surface area contributed by atoms with Crippen LogP contribution in [0.5, 0.6) is 0 Å². The summed E-state index contributed by atoms with van der Waals surface area (Å²) in [7, 11) is 0. The smallest absolute Gasteiger partial charge is 0.191 e. The normalized spacial score (nSPS) is 11.2. The monoisotopic (exact) mass is 276 g/mol. The van der Waals surface area contributed by atoms with Gasteiger partial charge in [0.1, 0.15) is 11.1 Å². The van der Waals surface area contributed by atoms with Crippen molar-refractivity contribution in [2.45, 2.75) is 40.0 Å². The summed E-state index contributed by atoms with van der Waals surface area (Å²) >= 11 is 1.49. The van der Waals surface area contributed by atoms with Crippen LogP contribution in [-0.2, 0) is 6.42 Å². The zero-order chi connectivity index (χ0) is 14.0. The van der Waals surface area contributed by atoms with Gasteiger partial charge in [-0.1, -0.05) is 44.2 Å². The van der Waals surface area contributed by atoms with Crippen LogP contribution in [0.2, 0.25) is 0 Å². The molecule has 0 aliphatic heterocycles. The molecule has 6 nitrogen and oxygen atoms in total. The Balaban J connectivity index is 2.43. The van der Waals surface area contributed by atoms with E-state index in [2.05, 4.69) is 54.3 Å². The highest BCUT2D eigenvalue weighted by atomic mass is 32.1. The minimum atomic E-state index is 0.332. The summed E-state index contributed by atoms with van der Waals surface area (Å²) in [6.07, 6.45) is 0.743. The van der Waals surface area contributed by atoms with E-state index >= 15 is 0 Å². The van der Waals surface area contributed by atoms with Crippen molar-refractivity contribution in [3.8, 4) is 11.2 Å². The van der Waals surface area contributed by atoms with Crippen molar-refractivity contribution in [1.82, 2.24) is 25.2 Å². The van der Waals surface area contributed by atoms with Crippen LogP contribution in [0.3, 0.4) is 0 Å². The fourth-order valence-corrected chi connectivity index (χ4v) is 2.48. The minimum absolute atomic E-state index is 0.332. The van der Waals surface area contributed by atoms with Crippen molar-refractivity contribution in [3.63, 3.8) is 0 Å². The van der Waals surface area contributed by atoms with Crippen molar-refractivity contribution in [3.05, 3.63) is 16.4 Å². The Morgan fingerprint density at radius 3 is 2.47 bits per heavy atom. The second-order valence-corrected chi connectivity index (χ2v) is 6.07. The van der Waals surface area contributed by atoms with Gasteiger partial charge in [0.2, 0.25) is 5.13 Å². The van der Waals surface area contributed by atoms with Gasteiger partial charge in [-0.05, 0) is 12.3 Å². The van der Waals surface area contributed by atoms with E-state index < -0.39 is 0 Å². The molecule has 2 aromatic rings. The van der Waals surface area contributed by atoms with E-state index in [1.54, 1.807) is 4.68 Å². The molecule has 0 bridgehead atoms. The predicted molar refractivity (Wildman–Crippen MR) is 72.2 cm³/mol. The summed E-state index contributed by atoms with van der Waals surface area (Å²) < 4.78 is 1.64. The molecule has 0 fully saturated rings. The first-order valence-electron chi connectivity index (χ1n) is 6.21. The molecule has 0 aromatic carbocycles. The van der Waals surface area contributed by atoms with E-state index in [-0.39, 0.29) is 0 Å². The Morgan fingerprint density at radius 2 is 1.95 bits per heavy atom. The summed E-state index contributed by atoms with van der Waals surface area (Å²) in [6.45, 7) is 8.33. The molecule has 0 saturated heterocycles. The number of hydrogen-bond donors (Lipinski definition) is 0. The topological polar surface area (TPSA) is 80.3 Å². The third kappa shape index (κ3) is 2.79. The van der Waals surface area contributed by atoms with E-state index in [1.165, 1.54) is 11.3 Å². The maximum atomic E-state index is 9.09. The number of rotatable bonds is 4. The second-order valence-electron chi connectivity index (χ2n) is 5.08. The molecule has 19 heavy (non-hydrogen) atoms. The average molecular weight is 276 g/mol. The Labute approximate surface area is 116 Å². The molecule has 100 valence electrons. The van der Waals surface area contributed by atoms with Crippen LogP contribution in [-0.4, -0.2) is 25.2 Å². The predicted octanol–water partition coefficient (Wildman–Crippen LogP) is 2.31. The molecule has 2 rings (SSSR count). The summed E-state index contributed by atoms with van der Waals surface area (Å²) in [5, 5.41) is 27.0. The van der Waals surface area contributed by atoms with Crippen LogP contribution in [0.25, 0.3) is 5.13 Å². The van der Waals surface area contributed by atoms with Crippen LogP contribution in [0.4, 0.5) is 0 Å². The highest BCUT2D eigenvalue weighted by Crippen LogP contribution is 2.23. The largest absolute Gasteiger partial charge is 0.234 e. The van der Waals surface area contributed by atoms with Gasteiger partial charge in [0.05, 0.1) is 5.69 Å². The Morgan fingerprint density at radius 1 is 1.21 bits per heavy atom. The van der Waals surface area contributed by atoms with Gasteiger partial charge < -0.3 is 0 Å². The molecule has 0 saturated carbocycles. The van der Waals surface area contributed by atoms with Crippen molar-refractivity contribution in [2.75, 3.05) is 0 Å². The van der Waals surface area contributed by atoms with E-state index in [4.69, 9.17) is 5.26 Å². The first-order chi connectivity index (χ1) is 9.02. The molecule has 0 aliphatic rings. The third-order valence-corrected chi connectivity index (χ3v) is 3.78. The van der Waals surface area contributed by atoms with Gasteiger partial charge >= 0.3 is 0 Å². The lowest BCUT2D eigenvalue weighted by Gasteiger charge is -2.05. The van der Waals surface area contributed by atoms with Crippen LogP contribution >= 0.6 is 11.3 Å². The van der Waals surface area contributed by atoms with Crippen molar-refractivity contribution in [2.24, 2.45) is 5.92 Å². The third-order valence-electron chi connectivity index (χ3n) is 2.58. The molecule has 7 heteroatoms. The maximum absolute atomic E-state index is 9.09. The molecule has 0 aliphatic carbocycles. The average Bonchev–Trinajstić information content (AvgIpc) is 2.94. The first-order valence-corrected chi connectivity index (χ1v) is 7.03. The number of nitriles is 1. The highest BCUT2D eigenvalue weighted by molar-refractivity contribution is 7.13. The van der Waals surface area contributed by atoms with Gasteiger partial charge in [-0.25, -0.2) is 0 Å². The molecule has 0 amide bonds. The molecule has 0 N–H and O–H groups in total. The molecule has 2 aromatic heterocycles. The fourth-order valence-electron chi connectivity index (χ4n) is 1.66. The fraction of sp³-hybridized carbons (Fsp3) is 0.583. The molecule has 0 spiro atoms. The summed E-state index contributed by atoms with van der Waals surface area (Å²) in [5.41, 5.74) is 1.18. The van der Waals surface area contributed by atoms with Crippen molar-refractivity contribution in [1.29, 1.82) is 5.26 Å². The van der Waals surface area contributed by atoms with E-state index in [0.717, 1.165) is 17.1 Å². The van der Waals surface area contributed by atoms with Gasteiger partial charge in [0.25, 0.3) is 0 Å². The van der Waals surface area contributed by atoms with E-state index in [9.17, 15) is 0 Å². The van der Waals surface area contributed by atoms with E-state index in [0.29, 0.717) is 22.7 Å². The van der Waals surface area contributed by atoms with Gasteiger partial charge in [0.15, 0.2) is 5.69 Å². The molecule has 0 atom stereocenters. The Bertz CT molecular complexity index is 604.